The molecule has 2 rings (SSSR count). The van der Waals surface area contributed by atoms with Crippen LogP contribution in [0, 0.1) is 0 Å². The molecular weight excluding hydrogens is 714 g/mol. The maximum atomic E-state index is 14.0. The Balaban J connectivity index is 2.72. The van der Waals surface area contributed by atoms with Crippen molar-refractivity contribution in [2.24, 2.45) is 0 Å². The lowest BCUT2D eigenvalue weighted by atomic mass is 9.81. The smallest absolute Gasteiger partial charge is 0.336 e. The van der Waals surface area contributed by atoms with Crippen molar-refractivity contribution in [1.82, 2.24) is 0 Å². The van der Waals surface area contributed by atoms with Crippen molar-refractivity contribution in [2.75, 3.05) is 7.11 Å². The third kappa shape index (κ3) is 14.6. The molecule has 7 nitrogen and oxygen atoms in total. The third-order valence-electron chi connectivity index (χ3n) is 12.1. The molecule has 0 unspecified atom stereocenters. The SMILES string of the molecule is CCCCCCCCC(CCCCCCCC)(c1ccc2c(C(CCCCCCCC)(CCCCCCCC)P(=O)(O)O)c(OC)ccc2c1)P(=O)(O)O. The van der Waals surface area contributed by atoms with E-state index in [1.54, 1.807) is 7.11 Å². The highest BCUT2D eigenvalue weighted by Crippen LogP contribution is 2.66. The minimum absolute atomic E-state index is 0.359. The Labute approximate surface area is 330 Å². The van der Waals surface area contributed by atoms with E-state index in [4.69, 9.17) is 4.74 Å². The maximum Gasteiger partial charge on any atom is 0.336 e. The van der Waals surface area contributed by atoms with Gasteiger partial charge in [-0.2, -0.15) is 0 Å². The van der Waals surface area contributed by atoms with Crippen LogP contribution in [0.5, 0.6) is 5.75 Å². The van der Waals surface area contributed by atoms with Gasteiger partial charge in [0.1, 0.15) is 10.9 Å². The van der Waals surface area contributed by atoms with Crippen molar-refractivity contribution >= 4 is 26.0 Å². The topological polar surface area (TPSA) is 124 Å². The molecule has 0 aliphatic rings. The molecule has 2 aromatic carbocycles. The minimum atomic E-state index is -4.72. The van der Waals surface area contributed by atoms with E-state index in [2.05, 4.69) is 27.7 Å². The van der Waals surface area contributed by atoms with E-state index in [1.807, 2.05) is 30.3 Å². The summed E-state index contributed by atoms with van der Waals surface area (Å²) in [6.07, 6.45) is 26.1. The number of fused-ring (bicyclic) bond motifs is 1. The van der Waals surface area contributed by atoms with E-state index >= 15 is 0 Å². The van der Waals surface area contributed by atoms with Gasteiger partial charge in [0.2, 0.25) is 0 Å². The highest BCUT2D eigenvalue weighted by atomic mass is 31.2. The van der Waals surface area contributed by atoms with Crippen LogP contribution in [0.3, 0.4) is 0 Å². The van der Waals surface area contributed by atoms with Crippen molar-refractivity contribution in [1.29, 1.82) is 0 Å². The summed E-state index contributed by atoms with van der Waals surface area (Å²) in [6.45, 7) is 8.75. The molecule has 0 saturated heterocycles. The van der Waals surface area contributed by atoms with E-state index in [9.17, 15) is 28.7 Å². The van der Waals surface area contributed by atoms with Crippen molar-refractivity contribution in [2.45, 2.75) is 218 Å². The second kappa shape index (κ2) is 25.9. The first-order valence-electron chi connectivity index (χ1n) is 22.1. The predicted octanol–water partition coefficient (Wildman–Crippen LogP) is 14.6. The van der Waals surface area contributed by atoms with Crippen LogP contribution in [0.1, 0.15) is 219 Å². The summed E-state index contributed by atoms with van der Waals surface area (Å²) in [5, 5.41) is -1.28. The fourth-order valence-electron chi connectivity index (χ4n) is 8.73. The first-order chi connectivity index (χ1) is 25.9. The minimum Gasteiger partial charge on any atom is -0.496 e. The highest BCUT2D eigenvalue weighted by molar-refractivity contribution is 7.53. The van der Waals surface area contributed by atoms with Crippen molar-refractivity contribution in [3.8, 4) is 5.75 Å². The average molecular weight is 795 g/mol. The molecule has 0 heterocycles. The predicted molar refractivity (Wildman–Crippen MR) is 230 cm³/mol. The first kappa shape index (κ1) is 48.9. The number of hydrogen-bond acceptors (Lipinski definition) is 3. The highest BCUT2D eigenvalue weighted by Gasteiger charge is 2.51. The lowest BCUT2D eigenvalue weighted by Gasteiger charge is -2.38. The lowest BCUT2D eigenvalue weighted by Crippen LogP contribution is -2.28. The number of benzene rings is 2. The molecule has 312 valence electrons. The van der Waals surface area contributed by atoms with Crippen molar-refractivity contribution in [3.63, 3.8) is 0 Å². The van der Waals surface area contributed by atoms with Gasteiger partial charge in [0.05, 0.1) is 12.3 Å². The van der Waals surface area contributed by atoms with Crippen molar-refractivity contribution < 1.29 is 33.4 Å². The molecule has 0 spiro atoms. The van der Waals surface area contributed by atoms with Crippen LogP contribution in [0.15, 0.2) is 30.3 Å². The summed E-state index contributed by atoms with van der Waals surface area (Å²) < 4.78 is 33.7. The van der Waals surface area contributed by atoms with Gasteiger partial charge in [0.25, 0.3) is 0 Å². The van der Waals surface area contributed by atoms with E-state index in [1.165, 1.54) is 12.8 Å². The van der Waals surface area contributed by atoms with Crippen LogP contribution in [-0.4, -0.2) is 26.7 Å². The zero-order valence-corrected chi connectivity index (χ0v) is 36.9. The van der Waals surface area contributed by atoms with Crippen LogP contribution in [0.4, 0.5) is 0 Å². The molecule has 0 amide bonds. The van der Waals surface area contributed by atoms with Gasteiger partial charge in [-0.05, 0) is 54.2 Å². The van der Waals surface area contributed by atoms with Gasteiger partial charge in [-0.3, -0.25) is 9.13 Å². The summed E-state index contributed by atoms with van der Waals surface area (Å²) in [7, 11) is -7.78. The second-order valence-electron chi connectivity index (χ2n) is 16.3. The number of ether oxygens (including phenoxy) is 1. The van der Waals surface area contributed by atoms with E-state index < -0.39 is 25.5 Å². The van der Waals surface area contributed by atoms with E-state index in [-0.39, 0.29) is 0 Å². The Morgan fingerprint density at radius 1 is 0.481 bits per heavy atom. The first-order valence-corrected chi connectivity index (χ1v) is 25.3. The molecule has 0 bridgehead atoms. The fourth-order valence-corrected chi connectivity index (χ4v) is 11.5. The normalized spacial score (nSPS) is 12.9. The summed E-state index contributed by atoms with van der Waals surface area (Å²) in [4.78, 5) is 45.4. The monoisotopic (exact) mass is 795 g/mol. The van der Waals surface area contributed by atoms with Gasteiger partial charge in [0.15, 0.2) is 0 Å². The molecule has 0 saturated carbocycles. The van der Waals surface area contributed by atoms with Crippen molar-refractivity contribution in [3.05, 3.63) is 41.5 Å². The molecule has 0 radical (unpaired) electrons. The largest absolute Gasteiger partial charge is 0.496 e. The Bertz CT molecular complexity index is 1370. The molecule has 0 aromatic heterocycles. The molecule has 0 atom stereocenters. The number of hydrogen-bond donors (Lipinski definition) is 4. The summed E-state index contributed by atoms with van der Waals surface area (Å²) in [6, 6.07) is 9.39. The average Bonchev–Trinajstić information content (AvgIpc) is 3.13. The maximum absolute atomic E-state index is 14.0. The molecule has 0 aliphatic heterocycles. The van der Waals surface area contributed by atoms with Crippen LogP contribution in [0.25, 0.3) is 10.8 Å². The van der Waals surface area contributed by atoms with Gasteiger partial charge in [-0.15, -0.1) is 0 Å². The van der Waals surface area contributed by atoms with Crippen LogP contribution >= 0.6 is 15.2 Å². The fraction of sp³-hybridized carbons (Fsp3) is 0.778. The Morgan fingerprint density at radius 3 is 1.19 bits per heavy atom. The van der Waals surface area contributed by atoms with Crippen LogP contribution in [0.2, 0.25) is 0 Å². The quantitative estimate of drug-likeness (QED) is 0.0419. The van der Waals surface area contributed by atoms with E-state index in [0.29, 0.717) is 60.8 Å². The lowest BCUT2D eigenvalue weighted by molar-refractivity contribution is 0.292. The second-order valence-corrected chi connectivity index (χ2v) is 20.2. The van der Waals surface area contributed by atoms with E-state index in [0.717, 1.165) is 134 Å². The standard InChI is InChI=1S/C45H80O7P2/c1-6-10-14-18-22-26-34-44(53(46,47)48,35-27-23-19-15-11-7-2)40-31-32-41-39(38-40)30-33-42(52-5)43(41)45(54(49,50)51,36-28-24-20-16-12-8-3)37-29-25-21-17-13-9-4/h30-33,38H,6-29,34-37H2,1-5H3,(H2,46,47,48)(H2,49,50,51). The molecular formula is C45H80O7P2. The Kier molecular flexibility index (Phi) is 23.5. The number of unbranched alkanes of at least 4 members (excludes halogenated alkanes) is 20. The Morgan fingerprint density at radius 2 is 0.833 bits per heavy atom. The number of methoxy groups -OCH3 is 1. The van der Waals surface area contributed by atoms with Gasteiger partial charge >= 0.3 is 15.2 Å². The summed E-state index contributed by atoms with van der Waals surface area (Å²) >= 11 is 0. The van der Waals surface area contributed by atoms with Crippen LogP contribution < -0.4 is 4.74 Å². The van der Waals surface area contributed by atoms with Gasteiger partial charge in [-0.25, -0.2) is 0 Å². The summed E-state index contributed by atoms with van der Waals surface area (Å²) in [5.74, 6) is 0.468. The zero-order valence-electron chi connectivity index (χ0n) is 35.1. The zero-order chi connectivity index (χ0) is 39.9. The number of rotatable bonds is 33. The molecule has 54 heavy (non-hydrogen) atoms. The van der Waals surface area contributed by atoms with Crippen LogP contribution in [-0.2, 0) is 19.4 Å². The van der Waals surface area contributed by atoms with Gasteiger partial charge in [-0.1, -0.05) is 200 Å². The van der Waals surface area contributed by atoms with Gasteiger partial charge < -0.3 is 24.3 Å². The Hall–Kier alpha value is -1.20. The molecule has 0 fully saturated rings. The molecule has 2 aromatic rings. The summed E-state index contributed by atoms with van der Waals surface area (Å²) in [5.41, 5.74) is 1.19. The van der Waals surface area contributed by atoms with Gasteiger partial charge in [0, 0.05) is 5.56 Å². The molecule has 0 aliphatic carbocycles. The third-order valence-corrected chi connectivity index (χ3v) is 15.7. The molecule has 4 N–H and O–H groups in total. The molecule has 9 heteroatoms.